The Morgan fingerprint density at radius 2 is 1.85 bits per heavy atom. The average molecular weight is 538 g/mol. The standard InChI is InChI=1S/C29H31N9O2/c1-14-7-23(38-12-18-8-19(18)29(38)40)27-35-22(13-37(27)11-14)16(3)32-24-10-25(34-17(4)33-24)36-28(39)21-9-20(21)26-30-6-5-15(2)31-26/h5-7,10-11,13,16,18-21H,8-9,12H2,1-4H3,(H2,32,33,34,36,39)/t16-,18?,19?,20+,21+/m1/s1. The Morgan fingerprint density at radius 3 is 2.62 bits per heavy atom. The maximum absolute atomic E-state index is 12.9. The maximum Gasteiger partial charge on any atom is 0.230 e. The number of piperidine rings is 1. The minimum absolute atomic E-state index is 0.0330. The van der Waals surface area contributed by atoms with Crippen molar-refractivity contribution in [2.75, 3.05) is 22.1 Å². The van der Waals surface area contributed by atoms with Gasteiger partial charge in [-0.2, -0.15) is 0 Å². The van der Waals surface area contributed by atoms with E-state index in [0.717, 1.165) is 47.7 Å². The van der Waals surface area contributed by atoms with Crippen LogP contribution in [0.4, 0.5) is 17.3 Å². The van der Waals surface area contributed by atoms with E-state index < -0.39 is 0 Å². The summed E-state index contributed by atoms with van der Waals surface area (Å²) in [5, 5.41) is 6.35. The Bertz CT molecular complexity index is 1680. The molecule has 4 aromatic heterocycles. The molecule has 0 aromatic carbocycles. The summed E-state index contributed by atoms with van der Waals surface area (Å²) in [6.07, 6.45) is 7.49. The zero-order valence-corrected chi connectivity index (χ0v) is 22.9. The Labute approximate surface area is 231 Å². The zero-order valence-electron chi connectivity index (χ0n) is 22.9. The molecular formula is C29H31N9O2. The van der Waals surface area contributed by atoms with Gasteiger partial charge in [0, 0.05) is 54.6 Å². The number of aryl methyl sites for hydroxylation is 3. The molecule has 11 heteroatoms. The fourth-order valence-corrected chi connectivity index (χ4v) is 5.78. The third-order valence-electron chi connectivity index (χ3n) is 8.07. The number of hydrogen-bond donors (Lipinski definition) is 2. The van der Waals surface area contributed by atoms with Gasteiger partial charge in [-0.3, -0.25) is 9.59 Å². The molecule has 2 unspecified atom stereocenters. The molecule has 0 radical (unpaired) electrons. The first-order valence-corrected chi connectivity index (χ1v) is 13.8. The largest absolute Gasteiger partial charge is 0.362 e. The third-order valence-corrected chi connectivity index (χ3v) is 8.07. The Morgan fingerprint density at radius 1 is 1.02 bits per heavy atom. The lowest BCUT2D eigenvalue weighted by Crippen LogP contribution is -2.28. The molecule has 40 heavy (non-hydrogen) atoms. The Hall–Kier alpha value is -4.41. The fourth-order valence-electron chi connectivity index (χ4n) is 5.78. The average Bonchev–Trinajstić information content (AvgIpc) is 3.80. The monoisotopic (exact) mass is 537 g/mol. The van der Waals surface area contributed by atoms with E-state index in [0.29, 0.717) is 29.2 Å². The number of carbonyl (C=O) groups is 2. The van der Waals surface area contributed by atoms with Crippen molar-refractivity contribution in [1.82, 2.24) is 29.3 Å². The number of hydrogen-bond acceptors (Lipinski definition) is 8. The van der Waals surface area contributed by atoms with Gasteiger partial charge in [0.25, 0.3) is 0 Å². The number of rotatable bonds is 7. The number of nitrogens with zero attached hydrogens (tertiary/aromatic N) is 7. The second-order valence-electron chi connectivity index (χ2n) is 11.4. The molecule has 2 N–H and O–H groups in total. The van der Waals surface area contributed by atoms with E-state index >= 15 is 0 Å². The van der Waals surface area contributed by atoms with Gasteiger partial charge in [0.15, 0.2) is 5.65 Å². The van der Waals surface area contributed by atoms with Gasteiger partial charge in [-0.15, -0.1) is 0 Å². The van der Waals surface area contributed by atoms with E-state index in [9.17, 15) is 9.59 Å². The number of aromatic nitrogens is 6. The van der Waals surface area contributed by atoms with Gasteiger partial charge in [0.2, 0.25) is 11.8 Å². The number of amides is 2. The lowest BCUT2D eigenvalue weighted by molar-refractivity contribution is -0.119. The van der Waals surface area contributed by atoms with Gasteiger partial charge in [0.1, 0.15) is 23.3 Å². The predicted octanol–water partition coefficient (Wildman–Crippen LogP) is 3.74. The van der Waals surface area contributed by atoms with Crippen molar-refractivity contribution in [3.63, 3.8) is 0 Å². The van der Waals surface area contributed by atoms with Crippen LogP contribution < -0.4 is 15.5 Å². The van der Waals surface area contributed by atoms with E-state index in [1.54, 1.807) is 19.2 Å². The van der Waals surface area contributed by atoms with Crippen LogP contribution in [0.15, 0.2) is 36.8 Å². The van der Waals surface area contributed by atoms with Gasteiger partial charge in [-0.05, 0) is 64.2 Å². The number of fused-ring (bicyclic) bond motifs is 2. The molecule has 4 aromatic rings. The summed E-state index contributed by atoms with van der Waals surface area (Å²) in [5.41, 5.74) is 4.43. The summed E-state index contributed by atoms with van der Waals surface area (Å²) in [6, 6.07) is 5.45. The molecule has 1 aliphatic heterocycles. The van der Waals surface area contributed by atoms with Gasteiger partial charge in [0.05, 0.1) is 17.4 Å². The first-order valence-electron chi connectivity index (χ1n) is 13.8. The van der Waals surface area contributed by atoms with Crippen molar-refractivity contribution in [1.29, 1.82) is 0 Å². The van der Waals surface area contributed by atoms with E-state index in [1.165, 1.54) is 0 Å². The van der Waals surface area contributed by atoms with Crippen LogP contribution in [0.3, 0.4) is 0 Å². The molecule has 11 nitrogen and oxygen atoms in total. The van der Waals surface area contributed by atoms with Crippen LogP contribution in [0.5, 0.6) is 0 Å². The van der Waals surface area contributed by atoms with Crippen LogP contribution in [0.1, 0.15) is 60.3 Å². The second-order valence-corrected chi connectivity index (χ2v) is 11.4. The Balaban J connectivity index is 1.07. The number of imidazole rings is 1. The molecule has 3 fully saturated rings. The molecule has 204 valence electrons. The summed E-state index contributed by atoms with van der Waals surface area (Å²) >= 11 is 0. The van der Waals surface area contributed by atoms with Gasteiger partial charge in [-0.1, -0.05) is 0 Å². The van der Waals surface area contributed by atoms with Crippen molar-refractivity contribution < 1.29 is 9.59 Å². The number of pyridine rings is 1. The van der Waals surface area contributed by atoms with Crippen molar-refractivity contribution in [2.45, 2.75) is 52.5 Å². The van der Waals surface area contributed by atoms with Crippen LogP contribution in [0.25, 0.3) is 5.65 Å². The second kappa shape index (κ2) is 9.07. The van der Waals surface area contributed by atoms with Gasteiger partial charge in [-0.25, -0.2) is 24.9 Å². The zero-order chi connectivity index (χ0) is 27.7. The van der Waals surface area contributed by atoms with E-state index in [-0.39, 0.29) is 35.6 Å². The molecule has 2 saturated carbocycles. The van der Waals surface area contributed by atoms with Gasteiger partial charge < -0.3 is 19.9 Å². The number of anilines is 3. The molecule has 2 aliphatic carbocycles. The highest BCUT2D eigenvalue weighted by Gasteiger charge is 2.53. The molecule has 3 aliphatic rings. The lowest BCUT2D eigenvalue weighted by atomic mass is 10.2. The van der Waals surface area contributed by atoms with Gasteiger partial charge >= 0.3 is 0 Å². The molecule has 1 saturated heterocycles. The third kappa shape index (κ3) is 4.44. The first kappa shape index (κ1) is 24.6. The SMILES string of the molecule is Cc1cc(N2CC3CC3C2=O)c2nc([C@@H](C)Nc3cc(NC(=O)[C@H]4C[C@@H]4c4nccc(C)n4)nc(C)n3)cn2c1. The molecule has 5 heterocycles. The van der Waals surface area contributed by atoms with Crippen molar-refractivity contribution >= 4 is 34.8 Å². The molecule has 5 atom stereocenters. The highest BCUT2D eigenvalue weighted by molar-refractivity contribution is 6.02. The minimum atomic E-state index is -0.181. The quantitative estimate of drug-likeness (QED) is 0.365. The Kier molecular flexibility index (Phi) is 5.58. The number of nitrogens with one attached hydrogen (secondary N) is 2. The topological polar surface area (TPSA) is 130 Å². The van der Waals surface area contributed by atoms with E-state index in [4.69, 9.17) is 4.98 Å². The predicted molar refractivity (Wildman–Crippen MR) is 149 cm³/mol. The fraction of sp³-hybridized carbons (Fsp3) is 0.414. The molecule has 7 rings (SSSR count). The lowest BCUT2D eigenvalue weighted by Gasteiger charge is -2.19. The first-order chi connectivity index (χ1) is 19.2. The molecule has 0 bridgehead atoms. The van der Waals surface area contributed by atoms with E-state index in [1.807, 2.05) is 54.6 Å². The summed E-state index contributed by atoms with van der Waals surface area (Å²) in [5.74, 6) is 2.95. The molecule has 2 amide bonds. The van der Waals surface area contributed by atoms with Crippen LogP contribution in [-0.4, -0.2) is 47.7 Å². The maximum atomic E-state index is 12.9. The van der Waals surface area contributed by atoms with E-state index in [2.05, 4.69) is 30.6 Å². The highest BCUT2D eigenvalue weighted by atomic mass is 16.2. The van der Waals surface area contributed by atoms with Crippen LogP contribution >= 0.6 is 0 Å². The number of carbonyl (C=O) groups excluding carboxylic acids is 2. The highest BCUT2D eigenvalue weighted by Crippen LogP contribution is 2.48. The molecule has 0 spiro atoms. The van der Waals surface area contributed by atoms with Crippen molar-refractivity contribution in [3.05, 3.63) is 65.4 Å². The smallest absolute Gasteiger partial charge is 0.230 e. The summed E-state index contributed by atoms with van der Waals surface area (Å²) in [7, 11) is 0. The van der Waals surface area contributed by atoms with Crippen LogP contribution in [-0.2, 0) is 9.59 Å². The summed E-state index contributed by atoms with van der Waals surface area (Å²) in [6.45, 7) is 8.53. The normalized spacial score (nSPS) is 23.7. The van der Waals surface area contributed by atoms with Crippen molar-refractivity contribution in [2.24, 2.45) is 17.8 Å². The molecular weight excluding hydrogens is 506 g/mol. The minimum Gasteiger partial charge on any atom is -0.362 e. The summed E-state index contributed by atoms with van der Waals surface area (Å²) in [4.78, 5) is 50.3. The summed E-state index contributed by atoms with van der Waals surface area (Å²) < 4.78 is 2.00. The van der Waals surface area contributed by atoms with Crippen LogP contribution in [0, 0.1) is 38.5 Å². The van der Waals surface area contributed by atoms with Crippen molar-refractivity contribution in [3.8, 4) is 0 Å². The van der Waals surface area contributed by atoms with Crippen LogP contribution in [0.2, 0.25) is 0 Å².